The van der Waals surface area contributed by atoms with Crippen molar-refractivity contribution >= 4 is 33.8 Å². The SMILES string of the molecule is CC(C)n1ncc2c(C(=O)NNC(=O)c3ccc4ccccc4n3)cc(-c3ccco3)nc21. The van der Waals surface area contributed by atoms with Crippen LogP contribution in [0, 0.1) is 0 Å². The lowest BCUT2D eigenvalue weighted by atomic mass is 10.1. The largest absolute Gasteiger partial charge is 0.463 e. The van der Waals surface area contributed by atoms with Crippen LogP contribution < -0.4 is 10.9 Å². The lowest BCUT2D eigenvalue weighted by molar-refractivity contribution is 0.0845. The van der Waals surface area contributed by atoms with Gasteiger partial charge in [0.15, 0.2) is 11.4 Å². The first kappa shape index (κ1) is 20.4. The van der Waals surface area contributed by atoms with E-state index in [9.17, 15) is 9.59 Å². The molecule has 33 heavy (non-hydrogen) atoms. The zero-order chi connectivity index (χ0) is 22.9. The molecule has 0 aliphatic heterocycles. The summed E-state index contributed by atoms with van der Waals surface area (Å²) in [5.41, 5.74) is 7.14. The van der Waals surface area contributed by atoms with Crippen LogP contribution in [-0.4, -0.2) is 31.6 Å². The first-order valence-corrected chi connectivity index (χ1v) is 10.4. The van der Waals surface area contributed by atoms with Gasteiger partial charge in [0.25, 0.3) is 11.8 Å². The minimum absolute atomic E-state index is 0.0384. The smallest absolute Gasteiger partial charge is 0.288 e. The van der Waals surface area contributed by atoms with Crippen LogP contribution in [0.5, 0.6) is 0 Å². The molecule has 0 aliphatic rings. The third-order valence-electron chi connectivity index (χ3n) is 5.19. The lowest BCUT2D eigenvalue weighted by Crippen LogP contribution is -2.42. The van der Waals surface area contributed by atoms with Crippen molar-refractivity contribution in [3.8, 4) is 11.5 Å². The molecule has 5 aromatic rings. The van der Waals surface area contributed by atoms with Crippen LogP contribution in [0.3, 0.4) is 0 Å². The fraction of sp³-hybridized carbons (Fsp3) is 0.125. The second kappa shape index (κ2) is 8.19. The van der Waals surface area contributed by atoms with Gasteiger partial charge >= 0.3 is 0 Å². The van der Waals surface area contributed by atoms with Gasteiger partial charge in [0.2, 0.25) is 0 Å². The van der Waals surface area contributed by atoms with Crippen LogP contribution >= 0.6 is 0 Å². The number of amides is 2. The topological polar surface area (TPSA) is 115 Å². The fourth-order valence-corrected chi connectivity index (χ4v) is 3.57. The van der Waals surface area contributed by atoms with E-state index in [2.05, 4.69) is 25.9 Å². The highest BCUT2D eigenvalue weighted by atomic mass is 16.3. The summed E-state index contributed by atoms with van der Waals surface area (Å²) in [6, 6.07) is 16.1. The van der Waals surface area contributed by atoms with E-state index in [1.54, 1.807) is 41.2 Å². The summed E-state index contributed by atoms with van der Waals surface area (Å²) in [5, 5.41) is 5.86. The normalized spacial score (nSPS) is 11.2. The van der Waals surface area contributed by atoms with Crippen molar-refractivity contribution < 1.29 is 14.0 Å². The molecule has 164 valence electrons. The lowest BCUT2D eigenvalue weighted by Gasteiger charge is -2.11. The Kier molecular flexibility index (Phi) is 5.06. The van der Waals surface area contributed by atoms with Crippen molar-refractivity contribution in [2.24, 2.45) is 0 Å². The van der Waals surface area contributed by atoms with Gasteiger partial charge in [-0.1, -0.05) is 24.3 Å². The zero-order valence-electron chi connectivity index (χ0n) is 17.9. The second-order valence-electron chi connectivity index (χ2n) is 7.75. The summed E-state index contributed by atoms with van der Waals surface area (Å²) in [7, 11) is 0. The number of hydrogen-bond acceptors (Lipinski definition) is 6. The maximum Gasteiger partial charge on any atom is 0.288 e. The number of carbonyl (C=O) groups excluding carboxylic acids is 2. The van der Waals surface area contributed by atoms with Gasteiger partial charge in [-0.05, 0) is 44.2 Å². The maximum atomic E-state index is 13.1. The van der Waals surface area contributed by atoms with Crippen LogP contribution in [0.1, 0.15) is 40.7 Å². The Balaban J connectivity index is 1.44. The van der Waals surface area contributed by atoms with E-state index in [1.165, 1.54) is 6.26 Å². The number of fused-ring (bicyclic) bond motifs is 2. The second-order valence-corrected chi connectivity index (χ2v) is 7.75. The van der Waals surface area contributed by atoms with Crippen LogP contribution in [0.2, 0.25) is 0 Å². The third kappa shape index (κ3) is 3.80. The Bertz CT molecular complexity index is 1490. The molecule has 0 atom stereocenters. The first-order chi connectivity index (χ1) is 16.0. The molecule has 4 heterocycles. The number of benzene rings is 1. The highest BCUT2D eigenvalue weighted by molar-refractivity contribution is 6.07. The Hall–Kier alpha value is -4.53. The summed E-state index contributed by atoms with van der Waals surface area (Å²) in [5.74, 6) is -0.511. The fourth-order valence-electron chi connectivity index (χ4n) is 3.57. The summed E-state index contributed by atoms with van der Waals surface area (Å²) < 4.78 is 7.20. The van der Waals surface area contributed by atoms with Gasteiger partial charge in [0.05, 0.1) is 28.9 Å². The average Bonchev–Trinajstić information content (AvgIpc) is 3.51. The quantitative estimate of drug-likeness (QED) is 0.410. The monoisotopic (exact) mass is 440 g/mol. The van der Waals surface area contributed by atoms with Crippen molar-refractivity contribution in [1.29, 1.82) is 0 Å². The van der Waals surface area contributed by atoms with Crippen LogP contribution in [0.15, 0.2) is 71.5 Å². The number of aromatic nitrogens is 4. The molecule has 0 spiro atoms. The number of rotatable bonds is 4. The highest BCUT2D eigenvalue weighted by Gasteiger charge is 2.20. The number of para-hydroxylation sites is 1. The van der Waals surface area contributed by atoms with Crippen molar-refractivity contribution in [2.45, 2.75) is 19.9 Å². The van der Waals surface area contributed by atoms with Crippen LogP contribution in [0.4, 0.5) is 0 Å². The molecule has 0 radical (unpaired) electrons. The Morgan fingerprint density at radius 3 is 2.58 bits per heavy atom. The van der Waals surface area contributed by atoms with Gasteiger partial charge in [-0.3, -0.25) is 20.4 Å². The number of hydrogen-bond donors (Lipinski definition) is 2. The molecule has 4 aromatic heterocycles. The van der Waals surface area contributed by atoms with E-state index in [0.29, 0.717) is 33.6 Å². The van der Waals surface area contributed by atoms with E-state index >= 15 is 0 Å². The number of furan rings is 1. The summed E-state index contributed by atoms with van der Waals surface area (Å²) in [6.07, 6.45) is 3.13. The third-order valence-corrected chi connectivity index (χ3v) is 5.19. The standard InChI is InChI=1S/C24H20N6O3/c1-14(2)30-22-17(13-25-30)16(12-20(27-22)21-8-5-11-33-21)23(31)28-29-24(32)19-10-9-15-6-3-4-7-18(15)26-19/h3-14H,1-2H3,(H,28,31)(H,29,32). The van der Waals surface area contributed by atoms with E-state index in [0.717, 1.165) is 5.39 Å². The van der Waals surface area contributed by atoms with E-state index in [-0.39, 0.29) is 11.7 Å². The minimum atomic E-state index is -0.525. The highest BCUT2D eigenvalue weighted by Crippen LogP contribution is 2.26. The molecule has 0 saturated heterocycles. The molecule has 9 heteroatoms. The molecule has 1 aromatic carbocycles. The summed E-state index contributed by atoms with van der Waals surface area (Å²) >= 11 is 0. The predicted octanol–water partition coefficient (Wildman–Crippen LogP) is 3.90. The first-order valence-electron chi connectivity index (χ1n) is 10.4. The van der Waals surface area contributed by atoms with E-state index < -0.39 is 11.8 Å². The molecule has 0 saturated carbocycles. The van der Waals surface area contributed by atoms with Crippen molar-refractivity contribution in [2.75, 3.05) is 0 Å². The van der Waals surface area contributed by atoms with Crippen molar-refractivity contribution in [1.82, 2.24) is 30.6 Å². The number of nitrogens with zero attached hydrogens (tertiary/aromatic N) is 4. The van der Waals surface area contributed by atoms with Gasteiger partial charge in [0.1, 0.15) is 11.4 Å². The van der Waals surface area contributed by atoms with E-state index in [1.807, 2.05) is 38.1 Å². The Labute approximate surface area is 188 Å². The van der Waals surface area contributed by atoms with Crippen molar-refractivity contribution in [3.63, 3.8) is 0 Å². The average molecular weight is 440 g/mol. The number of pyridine rings is 2. The Morgan fingerprint density at radius 1 is 0.970 bits per heavy atom. The van der Waals surface area contributed by atoms with Crippen LogP contribution in [-0.2, 0) is 0 Å². The summed E-state index contributed by atoms with van der Waals surface area (Å²) in [4.78, 5) is 34.7. The number of nitrogens with one attached hydrogen (secondary N) is 2. The van der Waals surface area contributed by atoms with E-state index in [4.69, 9.17) is 4.42 Å². The maximum absolute atomic E-state index is 13.1. The minimum Gasteiger partial charge on any atom is -0.463 e. The van der Waals surface area contributed by atoms with Gasteiger partial charge in [0, 0.05) is 11.4 Å². The molecule has 0 bridgehead atoms. The molecular formula is C24H20N6O3. The molecule has 2 N–H and O–H groups in total. The molecule has 0 unspecified atom stereocenters. The predicted molar refractivity (Wildman–Crippen MR) is 122 cm³/mol. The molecule has 5 rings (SSSR count). The Morgan fingerprint density at radius 2 is 1.79 bits per heavy atom. The molecular weight excluding hydrogens is 420 g/mol. The molecule has 9 nitrogen and oxygen atoms in total. The number of hydrazine groups is 1. The number of carbonyl (C=O) groups is 2. The van der Waals surface area contributed by atoms with Crippen molar-refractivity contribution in [3.05, 3.63) is 78.3 Å². The van der Waals surface area contributed by atoms with Crippen LogP contribution in [0.25, 0.3) is 33.4 Å². The molecule has 2 amide bonds. The summed E-state index contributed by atoms with van der Waals surface area (Å²) in [6.45, 7) is 3.95. The van der Waals surface area contributed by atoms with Gasteiger partial charge < -0.3 is 4.42 Å². The van der Waals surface area contributed by atoms with Gasteiger partial charge in [-0.25, -0.2) is 14.6 Å². The van der Waals surface area contributed by atoms with Gasteiger partial charge in [-0.15, -0.1) is 0 Å². The zero-order valence-corrected chi connectivity index (χ0v) is 17.9. The molecule has 0 fully saturated rings. The van der Waals surface area contributed by atoms with Gasteiger partial charge in [-0.2, -0.15) is 5.10 Å². The molecule has 0 aliphatic carbocycles.